The zero-order valence-electron chi connectivity index (χ0n) is 8.33. The molecule has 0 atom stereocenters. The van der Waals surface area contributed by atoms with Crippen LogP contribution in [0, 0.1) is 0 Å². The van der Waals surface area contributed by atoms with Crippen LogP contribution in [0.1, 0.15) is 13.8 Å². The molecule has 5 nitrogen and oxygen atoms in total. The van der Waals surface area contributed by atoms with Gasteiger partial charge in [0.2, 0.25) is 9.76 Å². The lowest BCUT2D eigenvalue weighted by atomic mass is 10.6. The van der Waals surface area contributed by atoms with Crippen LogP contribution in [0.15, 0.2) is 12.0 Å². The fourth-order valence-corrected chi connectivity index (χ4v) is 0.831. The van der Waals surface area contributed by atoms with E-state index < -0.39 is 11.9 Å². The molecule has 0 N–H and O–H groups in total. The molecule has 0 amide bonds. The Morgan fingerprint density at radius 3 is 2.07 bits per heavy atom. The van der Waals surface area contributed by atoms with Crippen LogP contribution in [0.3, 0.4) is 0 Å². The van der Waals surface area contributed by atoms with Crippen LogP contribution in [0.5, 0.6) is 0 Å². The highest BCUT2D eigenvalue weighted by Gasteiger charge is 2.05. The Bertz CT molecular complexity index is 218. The van der Waals surface area contributed by atoms with Crippen LogP contribution in [-0.2, 0) is 23.5 Å². The molecule has 0 aliphatic rings. The molecular weight excluding hydrogens is 204 g/mol. The van der Waals surface area contributed by atoms with Crippen molar-refractivity contribution < 1.29 is 23.5 Å². The fraction of sp³-hybridized carbons (Fsp3) is 0.500. The molecule has 0 aromatic rings. The van der Waals surface area contributed by atoms with E-state index in [0.29, 0.717) is 9.76 Å². The molecule has 0 unspecified atom stereocenters. The third-order valence-electron chi connectivity index (χ3n) is 0.966. The van der Waals surface area contributed by atoms with E-state index in [1.54, 1.807) is 0 Å². The van der Waals surface area contributed by atoms with Crippen LogP contribution in [0.25, 0.3) is 0 Å². The first kappa shape index (κ1) is 12.9. The number of carbonyl (C=O) groups is 2. The minimum absolute atomic E-state index is 0.136. The van der Waals surface area contributed by atoms with E-state index in [1.807, 2.05) is 6.55 Å². The largest absolute Gasteiger partial charge is 0.414 e. The average molecular weight is 216 g/mol. The molecule has 0 spiro atoms. The fourth-order valence-electron chi connectivity index (χ4n) is 0.581. The van der Waals surface area contributed by atoms with Crippen molar-refractivity contribution in [3.05, 3.63) is 12.0 Å². The molecular formula is C8H12O5Si. The van der Waals surface area contributed by atoms with E-state index >= 15 is 0 Å². The summed E-state index contributed by atoms with van der Waals surface area (Å²) in [6.45, 7) is 4.54. The first-order valence-corrected chi connectivity index (χ1v) is 5.32. The Morgan fingerprint density at radius 1 is 1.21 bits per heavy atom. The normalized spacial score (nSPS) is 9.07. The van der Waals surface area contributed by atoms with E-state index in [9.17, 15) is 9.59 Å². The summed E-state index contributed by atoms with van der Waals surface area (Å²) in [6.07, 6.45) is 1.39. The van der Waals surface area contributed by atoms with E-state index in [2.05, 4.69) is 9.47 Å². The summed E-state index contributed by atoms with van der Waals surface area (Å²) >= 11 is 0. The molecule has 0 aromatic heterocycles. The van der Waals surface area contributed by atoms with Crippen molar-refractivity contribution in [3.63, 3.8) is 0 Å². The average Bonchev–Trinajstić information content (AvgIpc) is 2.02. The second kappa shape index (κ2) is 7.28. The summed E-state index contributed by atoms with van der Waals surface area (Å²) < 4.78 is 14.2. The maximum absolute atomic E-state index is 10.6. The number of hydrogen-bond donors (Lipinski definition) is 0. The SMILES string of the molecule is C[Si]OCC=C(OC(C)=O)OC(C)=O. The van der Waals surface area contributed by atoms with E-state index in [0.717, 1.165) is 0 Å². The molecule has 2 radical (unpaired) electrons. The van der Waals surface area contributed by atoms with Crippen molar-refractivity contribution in [1.29, 1.82) is 0 Å². The number of ether oxygens (including phenoxy) is 2. The topological polar surface area (TPSA) is 61.8 Å². The Hall–Kier alpha value is -1.14. The van der Waals surface area contributed by atoms with Crippen molar-refractivity contribution in [1.82, 2.24) is 0 Å². The minimum atomic E-state index is -0.545. The summed E-state index contributed by atoms with van der Waals surface area (Å²) in [5.74, 6) is -1.23. The van der Waals surface area contributed by atoms with Crippen LogP contribution < -0.4 is 0 Å². The van der Waals surface area contributed by atoms with Gasteiger partial charge in [-0.05, 0) is 6.55 Å². The van der Waals surface area contributed by atoms with Gasteiger partial charge in [0.1, 0.15) is 0 Å². The quantitative estimate of drug-likeness (QED) is 0.292. The number of hydrogen-bond acceptors (Lipinski definition) is 5. The highest BCUT2D eigenvalue weighted by atomic mass is 28.2. The Kier molecular flexibility index (Phi) is 6.68. The molecule has 0 fully saturated rings. The van der Waals surface area contributed by atoms with Gasteiger partial charge in [-0.25, -0.2) is 0 Å². The molecule has 0 aliphatic carbocycles. The molecule has 0 bridgehead atoms. The lowest BCUT2D eigenvalue weighted by Gasteiger charge is -2.05. The van der Waals surface area contributed by atoms with Crippen LogP contribution in [0.2, 0.25) is 6.55 Å². The van der Waals surface area contributed by atoms with Gasteiger partial charge in [-0.15, -0.1) is 0 Å². The van der Waals surface area contributed by atoms with Crippen molar-refractivity contribution >= 4 is 21.7 Å². The molecule has 0 saturated heterocycles. The summed E-state index contributed by atoms with van der Waals surface area (Å²) in [7, 11) is 0.324. The van der Waals surface area contributed by atoms with Crippen molar-refractivity contribution in [2.75, 3.05) is 6.61 Å². The Labute approximate surface area is 85.0 Å². The second-order valence-electron chi connectivity index (χ2n) is 2.23. The van der Waals surface area contributed by atoms with Gasteiger partial charge in [0.15, 0.2) is 0 Å². The van der Waals surface area contributed by atoms with Gasteiger partial charge in [0.05, 0.1) is 6.61 Å². The molecule has 14 heavy (non-hydrogen) atoms. The smallest absolute Gasteiger partial charge is 0.310 e. The van der Waals surface area contributed by atoms with E-state index in [4.69, 9.17) is 4.43 Å². The maximum atomic E-state index is 10.6. The molecule has 0 saturated carbocycles. The van der Waals surface area contributed by atoms with Crippen LogP contribution in [-0.4, -0.2) is 28.3 Å². The van der Waals surface area contributed by atoms with E-state index in [1.165, 1.54) is 19.9 Å². The summed E-state index contributed by atoms with van der Waals surface area (Å²) in [5, 5.41) is 0. The third kappa shape index (κ3) is 7.50. The Morgan fingerprint density at radius 2 is 1.71 bits per heavy atom. The third-order valence-corrected chi connectivity index (χ3v) is 1.42. The van der Waals surface area contributed by atoms with Gasteiger partial charge in [-0.3, -0.25) is 9.59 Å². The molecule has 0 aromatic carbocycles. The molecule has 78 valence electrons. The highest BCUT2D eigenvalue weighted by Crippen LogP contribution is 2.01. The zero-order chi connectivity index (χ0) is 11.0. The standard InChI is InChI=1S/C8H12O5Si/c1-6(9)12-8(13-7(2)10)4-5-11-14-3/h4H,5H2,1-3H3. The number of rotatable bonds is 5. The lowest BCUT2D eigenvalue weighted by Crippen LogP contribution is -2.07. The van der Waals surface area contributed by atoms with Crippen LogP contribution >= 0.6 is 0 Å². The molecule has 0 rings (SSSR count). The Balaban J connectivity index is 4.15. The zero-order valence-corrected chi connectivity index (χ0v) is 9.33. The maximum Gasteiger partial charge on any atom is 0.310 e. The molecule has 0 aliphatic heterocycles. The molecule has 0 heterocycles. The van der Waals surface area contributed by atoms with Crippen LogP contribution in [0.4, 0.5) is 0 Å². The number of esters is 2. The van der Waals surface area contributed by atoms with Gasteiger partial charge in [-0.2, -0.15) is 0 Å². The van der Waals surface area contributed by atoms with Crippen molar-refractivity contribution in [2.24, 2.45) is 0 Å². The van der Waals surface area contributed by atoms with Crippen molar-refractivity contribution in [2.45, 2.75) is 20.4 Å². The predicted octanol–water partition coefficient (Wildman–Crippen LogP) is 0.638. The molecule has 6 heteroatoms. The first-order chi connectivity index (χ1) is 6.56. The van der Waals surface area contributed by atoms with Gasteiger partial charge in [0.25, 0.3) is 5.95 Å². The van der Waals surface area contributed by atoms with Gasteiger partial charge < -0.3 is 13.9 Å². The number of carbonyl (C=O) groups excluding carboxylic acids is 2. The summed E-state index contributed by atoms with van der Waals surface area (Å²) in [6, 6.07) is 0. The van der Waals surface area contributed by atoms with Gasteiger partial charge in [0, 0.05) is 19.9 Å². The second-order valence-corrected chi connectivity index (χ2v) is 2.92. The predicted molar refractivity (Wildman–Crippen MR) is 49.2 cm³/mol. The van der Waals surface area contributed by atoms with Gasteiger partial charge in [-0.1, -0.05) is 0 Å². The van der Waals surface area contributed by atoms with Crippen molar-refractivity contribution in [3.8, 4) is 0 Å². The van der Waals surface area contributed by atoms with E-state index in [-0.39, 0.29) is 12.6 Å². The first-order valence-electron chi connectivity index (χ1n) is 3.91. The monoisotopic (exact) mass is 216 g/mol. The summed E-state index contributed by atoms with van der Waals surface area (Å²) in [4.78, 5) is 21.1. The van der Waals surface area contributed by atoms with Gasteiger partial charge >= 0.3 is 11.9 Å². The lowest BCUT2D eigenvalue weighted by molar-refractivity contribution is -0.151. The minimum Gasteiger partial charge on any atom is -0.414 e. The highest BCUT2D eigenvalue weighted by molar-refractivity contribution is 6.24. The summed E-state index contributed by atoms with van der Waals surface area (Å²) in [5.41, 5.74) is 0.